The molecule has 5 nitrogen and oxygen atoms in total. The minimum absolute atomic E-state index is 0.0797. The van der Waals surface area contributed by atoms with Gasteiger partial charge in [0.25, 0.3) is 0 Å². The van der Waals surface area contributed by atoms with Crippen LogP contribution in [0.3, 0.4) is 0 Å². The van der Waals surface area contributed by atoms with Crippen molar-refractivity contribution >= 4 is 23.6 Å². The van der Waals surface area contributed by atoms with Crippen molar-refractivity contribution in [3.63, 3.8) is 0 Å². The molecule has 1 saturated heterocycles. The van der Waals surface area contributed by atoms with Gasteiger partial charge in [-0.1, -0.05) is 12.1 Å². The number of hydrogen-bond donors (Lipinski definition) is 1. The molecule has 21 heavy (non-hydrogen) atoms. The molecule has 114 valence electrons. The SMILES string of the molecule is COc1cccc(CCC(=O)N2C(C)SCC2C(=O)O)c1. The first-order chi connectivity index (χ1) is 10.0. The van der Waals surface area contributed by atoms with E-state index in [0.29, 0.717) is 18.6 Å². The summed E-state index contributed by atoms with van der Waals surface area (Å²) in [6.07, 6.45) is 0.887. The molecule has 6 heteroatoms. The summed E-state index contributed by atoms with van der Waals surface area (Å²) < 4.78 is 5.15. The normalized spacial score (nSPS) is 21.3. The van der Waals surface area contributed by atoms with Crippen LogP contribution in [0.15, 0.2) is 24.3 Å². The van der Waals surface area contributed by atoms with Gasteiger partial charge in [0.05, 0.1) is 12.5 Å². The number of rotatable bonds is 5. The number of hydrogen-bond acceptors (Lipinski definition) is 4. The summed E-state index contributed by atoms with van der Waals surface area (Å²) >= 11 is 1.50. The third-order valence-electron chi connectivity index (χ3n) is 3.56. The molecule has 0 aliphatic carbocycles. The molecule has 1 aromatic rings. The zero-order valence-electron chi connectivity index (χ0n) is 12.1. The largest absolute Gasteiger partial charge is 0.497 e. The molecule has 1 aliphatic heterocycles. The van der Waals surface area contributed by atoms with E-state index in [4.69, 9.17) is 4.74 Å². The Balaban J connectivity index is 1.98. The van der Waals surface area contributed by atoms with Gasteiger partial charge in [0.2, 0.25) is 5.91 Å². The molecule has 0 radical (unpaired) electrons. The predicted octanol–water partition coefficient (Wildman–Crippen LogP) is 2.00. The quantitative estimate of drug-likeness (QED) is 0.901. The minimum atomic E-state index is -0.929. The number of methoxy groups -OCH3 is 1. The Kier molecular flexibility index (Phi) is 5.12. The molecule has 2 unspecified atom stereocenters. The second-order valence-electron chi connectivity index (χ2n) is 4.94. The van der Waals surface area contributed by atoms with Crippen molar-refractivity contribution < 1.29 is 19.4 Å². The number of carbonyl (C=O) groups is 2. The Bertz CT molecular complexity index is 534. The lowest BCUT2D eigenvalue weighted by Gasteiger charge is -2.25. The number of amides is 1. The Labute approximate surface area is 128 Å². The standard InChI is InChI=1S/C15H19NO4S/c1-10-16(13(9-21-10)15(18)19)14(17)7-6-11-4-3-5-12(8-11)20-2/h3-5,8,10,13H,6-7,9H2,1-2H3,(H,18,19). The lowest BCUT2D eigenvalue weighted by Crippen LogP contribution is -2.44. The number of carboxylic acid groups (broad SMARTS) is 1. The van der Waals surface area contributed by atoms with E-state index in [1.54, 1.807) is 7.11 Å². The zero-order valence-corrected chi connectivity index (χ0v) is 12.9. The Morgan fingerprint density at radius 1 is 1.48 bits per heavy atom. The molecule has 1 heterocycles. The lowest BCUT2D eigenvalue weighted by atomic mass is 10.1. The van der Waals surface area contributed by atoms with E-state index in [0.717, 1.165) is 11.3 Å². The average Bonchev–Trinajstić information content (AvgIpc) is 2.87. The number of ether oxygens (including phenoxy) is 1. The first-order valence-electron chi connectivity index (χ1n) is 6.81. The van der Waals surface area contributed by atoms with Crippen molar-refractivity contribution in [2.24, 2.45) is 0 Å². The van der Waals surface area contributed by atoms with E-state index in [2.05, 4.69) is 0 Å². The van der Waals surface area contributed by atoms with Crippen LogP contribution < -0.4 is 4.74 Å². The number of aliphatic carboxylic acids is 1. The van der Waals surface area contributed by atoms with Gasteiger partial charge >= 0.3 is 5.97 Å². The second kappa shape index (κ2) is 6.85. The van der Waals surface area contributed by atoms with Crippen LogP contribution in [-0.2, 0) is 16.0 Å². The fourth-order valence-electron chi connectivity index (χ4n) is 2.42. The van der Waals surface area contributed by atoms with Crippen LogP contribution >= 0.6 is 11.8 Å². The third kappa shape index (κ3) is 3.69. The predicted molar refractivity (Wildman–Crippen MR) is 81.5 cm³/mol. The van der Waals surface area contributed by atoms with E-state index < -0.39 is 12.0 Å². The Hall–Kier alpha value is -1.69. The minimum Gasteiger partial charge on any atom is -0.497 e. The van der Waals surface area contributed by atoms with Gasteiger partial charge in [-0.05, 0) is 31.0 Å². The average molecular weight is 309 g/mol. The summed E-state index contributed by atoms with van der Waals surface area (Å²) in [6, 6.07) is 6.86. The molecular formula is C15H19NO4S. The highest BCUT2D eigenvalue weighted by Gasteiger charge is 2.38. The first-order valence-corrected chi connectivity index (χ1v) is 7.86. The summed E-state index contributed by atoms with van der Waals surface area (Å²) in [6.45, 7) is 1.87. The smallest absolute Gasteiger partial charge is 0.327 e. The maximum absolute atomic E-state index is 12.3. The Morgan fingerprint density at radius 3 is 2.90 bits per heavy atom. The summed E-state index contributed by atoms with van der Waals surface area (Å²) in [5.74, 6) is 0.180. The van der Waals surface area contributed by atoms with Crippen molar-refractivity contribution in [3.8, 4) is 5.75 Å². The van der Waals surface area contributed by atoms with Gasteiger partial charge in [0.15, 0.2) is 0 Å². The van der Waals surface area contributed by atoms with Gasteiger partial charge in [0.1, 0.15) is 11.8 Å². The molecule has 0 bridgehead atoms. The summed E-state index contributed by atoms with van der Waals surface area (Å²) in [5.41, 5.74) is 1.01. The molecule has 2 rings (SSSR count). The molecule has 2 atom stereocenters. The van der Waals surface area contributed by atoms with Gasteiger partial charge in [-0.3, -0.25) is 4.79 Å². The van der Waals surface area contributed by atoms with E-state index in [-0.39, 0.29) is 11.3 Å². The molecule has 1 aliphatic rings. The highest BCUT2D eigenvalue weighted by atomic mass is 32.2. The highest BCUT2D eigenvalue weighted by Crippen LogP contribution is 2.29. The topological polar surface area (TPSA) is 66.8 Å². The third-order valence-corrected chi connectivity index (χ3v) is 4.78. The molecule has 0 spiro atoms. The molecule has 1 amide bonds. The number of aryl methyl sites for hydroxylation is 1. The van der Waals surface area contributed by atoms with E-state index in [9.17, 15) is 14.7 Å². The summed E-state index contributed by atoms with van der Waals surface area (Å²) in [4.78, 5) is 25.0. The zero-order chi connectivity index (χ0) is 15.4. The van der Waals surface area contributed by atoms with Crippen LogP contribution in [-0.4, -0.2) is 46.2 Å². The van der Waals surface area contributed by atoms with Crippen molar-refractivity contribution in [1.29, 1.82) is 0 Å². The number of benzene rings is 1. The molecule has 0 saturated carbocycles. The first kappa shape index (κ1) is 15.7. The number of thioether (sulfide) groups is 1. The maximum Gasteiger partial charge on any atom is 0.327 e. The van der Waals surface area contributed by atoms with Gasteiger partial charge in [-0.15, -0.1) is 11.8 Å². The number of nitrogens with zero attached hydrogens (tertiary/aromatic N) is 1. The van der Waals surface area contributed by atoms with Gasteiger partial charge < -0.3 is 14.7 Å². The van der Waals surface area contributed by atoms with Crippen LogP contribution in [0.5, 0.6) is 5.75 Å². The lowest BCUT2D eigenvalue weighted by molar-refractivity contribution is -0.148. The monoisotopic (exact) mass is 309 g/mol. The van der Waals surface area contributed by atoms with Gasteiger partial charge in [0, 0.05) is 12.2 Å². The van der Waals surface area contributed by atoms with Crippen molar-refractivity contribution in [3.05, 3.63) is 29.8 Å². The van der Waals surface area contributed by atoms with Crippen molar-refractivity contribution in [1.82, 2.24) is 4.90 Å². The molecule has 1 aromatic carbocycles. The fourth-order valence-corrected chi connectivity index (χ4v) is 3.61. The summed E-state index contributed by atoms with van der Waals surface area (Å²) in [5, 5.41) is 9.10. The fraction of sp³-hybridized carbons (Fsp3) is 0.467. The maximum atomic E-state index is 12.3. The molecule has 0 aromatic heterocycles. The van der Waals surface area contributed by atoms with E-state index in [1.165, 1.54) is 16.7 Å². The number of carboxylic acids is 1. The second-order valence-corrected chi connectivity index (χ2v) is 6.29. The molecule has 1 N–H and O–H groups in total. The van der Waals surface area contributed by atoms with E-state index in [1.807, 2.05) is 31.2 Å². The van der Waals surface area contributed by atoms with Crippen LogP contribution in [0.1, 0.15) is 18.9 Å². The summed E-state index contributed by atoms with van der Waals surface area (Å²) in [7, 11) is 1.60. The molecule has 1 fully saturated rings. The van der Waals surface area contributed by atoms with Gasteiger partial charge in [-0.2, -0.15) is 0 Å². The van der Waals surface area contributed by atoms with Crippen LogP contribution in [0.4, 0.5) is 0 Å². The van der Waals surface area contributed by atoms with Crippen molar-refractivity contribution in [2.45, 2.75) is 31.2 Å². The van der Waals surface area contributed by atoms with Crippen molar-refractivity contribution in [2.75, 3.05) is 12.9 Å². The van der Waals surface area contributed by atoms with E-state index >= 15 is 0 Å². The van der Waals surface area contributed by atoms with Crippen LogP contribution in [0.25, 0.3) is 0 Å². The molecular weight excluding hydrogens is 290 g/mol. The van der Waals surface area contributed by atoms with Gasteiger partial charge in [-0.25, -0.2) is 4.79 Å². The van der Waals surface area contributed by atoms with Crippen LogP contribution in [0, 0.1) is 0 Å². The highest BCUT2D eigenvalue weighted by molar-refractivity contribution is 8.00. The number of carbonyl (C=O) groups excluding carboxylic acids is 1. The Morgan fingerprint density at radius 2 is 2.24 bits per heavy atom. The van der Waals surface area contributed by atoms with Crippen LogP contribution in [0.2, 0.25) is 0 Å².